The minimum Gasteiger partial charge on any atom is -0.348 e. The van der Waals surface area contributed by atoms with Gasteiger partial charge in [-0.2, -0.15) is 0 Å². The third-order valence-electron chi connectivity index (χ3n) is 2.45. The fraction of sp³-hybridized carbons (Fsp3) is 0.364. The number of imidazole rings is 1. The summed E-state index contributed by atoms with van der Waals surface area (Å²) in [5.74, 6) is 0. The average molecular weight is 204 g/mol. The summed E-state index contributed by atoms with van der Waals surface area (Å²) in [6.45, 7) is 1.79. The zero-order chi connectivity index (χ0) is 10.7. The van der Waals surface area contributed by atoms with E-state index >= 15 is 0 Å². The van der Waals surface area contributed by atoms with E-state index in [0.717, 1.165) is 13.1 Å². The summed E-state index contributed by atoms with van der Waals surface area (Å²) in [4.78, 5) is 4.10. The molecule has 0 aromatic carbocycles. The zero-order valence-electron chi connectivity index (χ0n) is 9.14. The molecule has 2 aromatic heterocycles. The van der Waals surface area contributed by atoms with Crippen molar-refractivity contribution in [2.75, 3.05) is 7.05 Å². The second-order valence-corrected chi connectivity index (χ2v) is 3.72. The monoisotopic (exact) mass is 204 g/mol. The lowest BCUT2D eigenvalue weighted by Gasteiger charge is -2.03. The number of nitrogens with one attached hydrogen (secondary N) is 1. The van der Waals surface area contributed by atoms with Crippen LogP contribution in [0.3, 0.4) is 0 Å². The van der Waals surface area contributed by atoms with Gasteiger partial charge in [0, 0.05) is 32.2 Å². The van der Waals surface area contributed by atoms with Gasteiger partial charge in [-0.15, -0.1) is 0 Å². The van der Waals surface area contributed by atoms with Gasteiger partial charge in [0.05, 0.1) is 18.6 Å². The van der Waals surface area contributed by atoms with E-state index in [9.17, 15) is 0 Å². The largest absolute Gasteiger partial charge is 0.348 e. The van der Waals surface area contributed by atoms with Crippen LogP contribution in [0.2, 0.25) is 0 Å². The zero-order valence-corrected chi connectivity index (χ0v) is 9.14. The first kappa shape index (κ1) is 9.98. The maximum atomic E-state index is 4.10. The van der Waals surface area contributed by atoms with Crippen molar-refractivity contribution in [2.45, 2.75) is 13.1 Å². The molecule has 0 bridgehead atoms. The predicted molar refractivity (Wildman–Crippen MR) is 59.5 cm³/mol. The first-order chi connectivity index (χ1) is 7.29. The van der Waals surface area contributed by atoms with Crippen LogP contribution in [-0.2, 0) is 20.1 Å². The Balaban J connectivity index is 2.08. The maximum Gasteiger partial charge on any atom is 0.0946 e. The third-order valence-corrected chi connectivity index (χ3v) is 2.45. The molecule has 80 valence electrons. The van der Waals surface area contributed by atoms with Crippen molar-refractivity contribution in [2.24, 2.45) is 7.05 Å². The quantitative estimate of drug-likeness (QED) is 0.806. The van der Waals surface area contributed by atoms with Crippen molar-refractivity contribution in [3.8, 4) is 0 Å². The number of aryl methyl sites for hydroxylation is 1. The van der Waals surface area contributed by atoms with Crippen molar-refractivity contribution < 1.29 is 0 Å². The maximum absolute atomic E-state index is 4.10. The topological polar surface area (TPSA) is 34.8 Å². The van der Waals surface area contributed by atoms with Crippen LogP contribution in [0.4, 0.5) is 0 Å². The van der Waals surface area contributed by atoms with Gasteiger partial charge in [-0.3, -0.25) is 0 Å². The van der Waals surface area contributed by atoms with E-state index in [-0.39, 0.29) is 0 Å². The molecule has 0 aliphatic rings. The Morgan fingerprint density at radius 1 is 1.47 bits per heavy atom. The molecule has 0 amide bonds. The number of hydrogen-bond acceptors (Lipinski definition) is 2. The van der Waals surface area contributed by atoms with Gasteiger partial charge in [-0.25, -0.2) is 4.98 Å². The predicted octanol–water partition coefficient (Wildman–Crippen LogP) is 0.989. The second-order valence-electron chi connectivity index (χ2n) is 3.72. The molecule has 0 aliphatic heterocycles. The van der Waals surface area contributed by atoms with E-state index in [4.69, 9.17) is 0 Å². The molecule has 0 saturated heterocycles. The van der Waals surface area contributed by atoms with Crippen LogP contribution >= 0.6 is 0 Å². The van der Waals surface area contributed by atoms with E-state index in [2.05, 4.69) is 33.3 Å². The highest BCUT2D eigenvalue weighted by molar-refractivity contribution is 5.11. The molecule has 0 fully saturated rings. The van der Waals surface area contributed by atoms with Crippen LogP contribution in [0.5, 0.6) is 0 Å². The number of hydrogen-bond donors (Lipinski definition) is 1. The molecule has 1 N–H and O–H groups in total. The summed E-state index contributed by atoms with van der Waals surface area (Å²) in [5, 5.41) is 3.14. The average Bonchev–Trinajstić information content (AvgIpc) is 2.79. The van der Waals surface area contributed by atoms with Gasteiger partial charge in [0.1, 0.15) is 0 Å². The second kappa shape index (κ2) is 4.31. The van der Waals surface area contributed by atoms with E-state index in [1.165, 1.54) is 11.3 Å². The molecule has 0 unspecified atom stereocenters. The molecule has 4 nitrogen and oxygen atoms in total. The van der Waals surface area contributed by atoms with E-state index in [1.807, 2.05) is 31.2 Å². The Kier molecular flexibility index (Phi) is 2.87. The van der Waals surface area contributed by atoms with Gasteiger partial charge in [0.2, 0.25) is 0 Å². The number of aromatic nitrogens is 3. The third kappa shape index (κ3) is 2.27. The summed E-state index contributed by atoms with van der Waals surface area (Å²) in [6.07, 6.45) is 7.98. The number of nitrogens with zero attached hydrogens (tertiary/aromatic N) is 3. The molecule has 0 aliphatic carbocycles. The summed E-state index contributed by atoms with van der Waals surface area (Å²) in [5.41, 5.74) is 2.52. The van der Waals surface area contributed by atoms with Gasteiger partial charge in [0.15, 0.2) is 0 Å². The van der Waals surface area contributed by atoms with Gasteiger partial charge in [0.25, 0.3) is 0 Å². The molecule has 15 heavy (non-hydrogen) atoms. The lowest BCUT2D eigenvalue weighted by Crippen LogP contribution is -2.05. The summed E-state index contributed by atoms with van der Waals surface area (Å²) in [7, 11) is 3.97. The van der Waals surface area contributed by atoms with Crippen molar-refractivity contribution in [3.05, 3.63) is 42.2 Å². The standard InChI is InChI=1S/C11H16N4/c1-12-5-10-3-4-15(7-10)8-11-6-13-9-14(11)2/h3-4,6-7,9,12H,5,8H2,1-2H3. The van der Waals surface area contributed by atoms with Crippen LogP contribution in [0.1, 0.15) is 11.3 Å². The Labute approximate surface area is 89.6 Å². The van der Waals surface area contributed by atoms with Gasteiger partial charge < -0.3 is 14.5 Å². The summed E-state index contributed by atoms with van der Waals surface area (Å²) < 4.78 is 4.21. The smallest absolute Gasteiger partial charge is 0.0946 e. The minimum absolute atomic E-state index is 0.875. The van der Waals surface area contributed by atoms with E-state index in [1.54, 1.807) is 0 Å². The van der Waals surface area contributed by atoms with Crippen LogP contribution in [-0.4, -0.2) is 21.2 Å². The molecule has 0 spiro atoms. The van der Waals surface area contributed by atoms with Gasteiger partial charge in [-0.1, -0.05) is 0 Å². The Morgan fingerprint density at radius 2 is 2.33 bits per heavy atom. The SMILES string of the molecule is CNCc1ccn(Cc2cncn2C)c1. The molecule has 4 heteroatoms. The van der Waals surface area contributed by atoms with Crippen LogP contribution in [0.25, 0.3) is 0 Å². The van der Waals surface area contributed by atoms with Gasteiger partial charge >= 0.3 is 0 Å². The Hall–Kier alpha value is -1.55. The first-order valence-electron chi connectivity index (χ1n) is 5.04. The van der Waals surface area contributed by atoms with E-state index < -0.39 is 0 Å². The molecular weight excluding hydrogens is 188 g/mol. The molecular formula is C11H16N4. The Bertz CT molecular complexity index is 427. The molecule has 2 aromatic rings. The highest BCUT2D eigenvalue weighted by Crippen LogP contribution is 2.05. The van der Waals surface area contributed by atoms with E-state index in [0.29, 0.717) is 0 Å². The lowest BCUT2D eigenvalue weighted by molar-refractivity contribution is 0.722. The van der Waals surface area contributed by atoms with Crippen LogP contribution in [0.15, 0.2) is 31.0 Å². The molecule has 2 heterocycles. The summed E-state index contributed by atoms with van der Waals surface area (Å²) in [6, 6.07) is 2.13. The molecule has 0 atom stereocenters. The van der Waals surface area contributed by atoms with Crippen molar-refractivity contribution in [1.29, 1.82) is 0 Å². The fourth-order valence-corrected chi connectivity index (χ4v) is 1.62. The minimum atomic E-state index is 0.875. The molecule has 0 radical (unpaired) electrons. The highest BCUT2D eigenvalue weighted by atomic mass is 15.1. The number of rotatable bonds is 4. The summed E-state index contributed by atoms with van der Waals surface area (Å²) >= 11 is 0. The molecule has 2 rings (SSSR count). The first-order valence-corrected chi connectivity index (χ1v) is 5.04. The normalized spacial score (nSPS) is 10.8. The van der Waals surface area contributed by atoms with Crippen LogP contribution < -0.4 is 5.32 Å². The van der Waals surface area contributed by atoms with Crippen molar-refractivity contribution >= 4 is 0 Å². The lowest BCUT2D eigenvalue weighted by atomic mass is 10.3. The van der Waals surface area contributed by atoms with Crippen LogP contribution in [0, 0.1) is 0 Å². The molecule has 0 saturated carbocycles. The van der Waals surface area contributed by atoms with Crippen molar-refractivity contribution in [1.82, 2.24) is 19.4 Å². The fourth-order valence-electron chi connectivity index (χ4n) is 1.62. The van der Waals surface area contributed by atoms with Crippen molar-refractivity contribution in [3.63, 3.8) is 0 Å². The Morgan fingerprint density at radius 3 is 3.00 bits per heavy atom. The van der Waals surface area contributed by atoms with Gasteiger partial charge in [-0.05, 0) is 18.7 Å². The highest BCUT2D eigenvalue weighted by Gasteiger charge is 2.00.